The lowest BCUT2D eigenvalue weighted by atomic mass is 9.96. The van der Waals surface area contributed by atoms with E-state index >= 15 is 0 Å². The van der Waals surface area contributed by atoms with Crippen molar-refractivity contribution in [2.75, 3.05) is 39.3 Å². The maximum atomic E-state index is 6.03. The summed E-state index contributed by atoms with van der Waals surface area (Å²) in [6.07, 6.45) is 1.01. The highest BCUT2D eigenvalue weighted by molar-refractivity contribution is 6.30. The molecule has 1 aliphatic rings. The van der Waals surface area contributed by atoms with E-state index in [1.807, 2.05) is 12.1 Å². The Labute approximate surface area is 150 Å². The first-order valence-corrected chi connectivity index (χ1v) is 9.10. The third-order valence-corrected chi connectivity index (χ3v) is 5.07. The normalized spacial score (nSPS) is 17.8. The first-order valence-electron chi connectivity index (χ1n) is 8.72. The number of halogens is 1. The monoisotopic (exact) mass is 343 g/mol. The Balaban J connectivity index is 1.74. The fraction of sp³-hybridized carbons (Fsp3) is 0.400. The van der Waals surface area contributed by atoms with E-state index in [1.165, 1.54) is 11.1 Å². The molecule has 1 saturated heterocycles. The fourth-order valence-corrected chi connectivity index (χ4v) is 3.58. The van der Waals surface area contributed by atoms with Gasteiger partial charge in [-0.2, -0.15) is 0 Å². The van der Waals surface area contributed by atoms with E-state index in [0.717, 1.165) is 50.7 Å². The van der Waals surface area contributed by atoms with E-state index in [0.29, 0.717) is 6.04 Å². The standard InChI is InChI=1S/C20H26ClN3/c21-19-8-6-17(7-9-19)16-20(18-4-2-1-3-5-18)24-14-12-23(11-10-22)13-15-24/h1-9,20H,10-16,22H2. The van der Waals surface area contributed by atoms with Crippen molar-refractivity contribution < 1.29 is 0 Å². The van der Waals surface area contributed by atoms with Crippen LogP contribution in [0.4, 0.5) is 0 Å². The molecule has 1 unspecified atom stereocenters. The van der Waals surface area contributed by atoms with E-state index in [2.05, 4.69) is 52.3 Å². The number of hydrogen-bond acceptors (Lipinski definition) is 3. The number of hydrogen-bond donors (Lipinski definition) is 1. The van der Waals surface area contributed by atoms with Crippen LogP contribution in [-0.4, -0.2) is 49.1 Å². The highest BCUT2D eigenvalue weighted by atomic mass is 35.5. The maximum absolute atomic E-state index is 6.03. The predicted molar refractivity (Wildman–Crippen MR) is 101 cm³/mol. The molecule has 0 aromatic heterocycles. The van der Waals surface area contributed by atoms with Crippen LogP contribution in [0.3, 0.4) is 0 Å². The minimum atomic E-state index is 0.410. The van der Waals surface area contributed by atoms with Gasteiger partial charge < -0.3 is 5.73 Å². The van der Waals surface area contributed by atoms with Crippen molar-refractivity contribution in [3.63, 3.8) is 0 Å². The summed E-state index contributed by atoms with van der Waals surface area (Å²) < 4.78 is 0. The maximum Gasteiger partial charge on any atom is 0.0406 e. The van der Waals surface area contributed by atoms with Gasteiger partial charge in [0, 0.05) is 50.3 Å². The summed E-state index contributed by atoms with van der Waals surface area (Å²) in [5, 5.41) is 0.797. The molecule has 0 aliphatic carbocycles. The molecule has 128 valence electrons. The highest BCUT2D eigenvalue weighted by Gasteiger charge is 2.24. The van der Waals surface area contributed by atoms with Gasteiger partial charge in [-0.15, -0.1) is 0 Å². The van der Waals surface area contributed by atoms with Gasteiger partial charge in [0.2, 0.25) is 0 Å². The Morgan fingerprint density at radius 1 is 0.917 bits per heavy atom. The number of rotatable bonds is 6. The molecule has 24 heavy (non-hydrogen) atoms. The number of nitrogens with two attached hydrogens (primary N) is 1. The topological polar surface area (TPSA) is 32.5 Å². The Morgan fingerprint density at radius 3 is 2.21 bits per heavy atom. The Kier molecular flexibility index (Phi) is 6.27. The molecule has 3 rings (SSSR count). The van der Waals surface area contributed by atoms with Crippen molar-refractivity contribution in [2.24, 2.45) is 5.73 Å². The van der Waals surface area contributed by atoms with Crippen molar-refractivity contribution in [1.29, 1.82) is 0 Å². The molecule has 1 aliphatic heterocycles. The third kappa shape index (κ3) is 4.58. The lowest BCUT2D eigenvalue weighted by Gasteiger charge is -2.39. The third-order valence-electron chi connectivity index (χ3n) is 4.82. The van der Waals surface area contributed by atoms with Crippen LogP contribution in [0, 0.1) is 0 Å². The van der Waals surface area contributed by atoms with E-state index < -0.39 is 0 Å². The molecule has 0 saturated carbocycles. The van der Waals surface area contributed by atoms with Gasteiger partial charge in [0.1, 0.15) is 0 Å². The molecule has 0 radical (unpaired) electrons. The Hall–Kier alpha value is -1.39. The SMILES string of the molecule is NCCN1CCN(C(Cc2ccc(Cl)cc2)c2ccccc2)CC1. The molecule has 1 atom stereocenters. The molecule has 2 N–H and O–H groups in total. The molecule has 4 heteroatoms. The van der Waals surface area contributed by atoms with Crippen LogP contribution in [-0.2, 0) is 6.42 Å². The molecule has 0 amide bonds. The van der Waals surface area contributed by atoms with Gasteiger partial charge in [-0.1, -0.05) is 54.1 Å². The van der Waals surface area contributed by atoms with Gasteiger partial charge in [0.15, 0.2) is 0 Å². The van der Waals surface area contributed by atoms with Gasteiger partial charge in [0.25, 0.3) is 0 Å². The highest BCUT2D eigenvalue weighted by Crippen LogP contribution is 2.26. The van der Waals surface area contributed by atoms with Crippen LogP contribution < -0.4 is 5.73 Å². The average Bonchev–Trinajstić information content (AvgIpc) is 2.63. The van der Waals surface area contributed by atoms with E-state index in [4.69, 9.17) is 17.3 Å². The van der Waals surface area contributed by atoms with Crippen molar-refractivity contribution in [2.45, 2.75) is 12.5 Å². The number of nitrogens with zero attached hydrogens (tertiary/aromatic N) is 2. The summed E-state index contributed by atoms with van der Waals surface area (Å²) in [6.45, 7) is 6.12. The largest absolute Gasteiger partial charge is 0.329 e. The van der Waals surface area contributed by atoms with E-state index in [9.17, 15) is 0 Å². The molecular formula is C20H26ClN3. The summed E-state index contributed by atoms with van der Waals surface area (Å²) in [6, 6.07) is 19.5. The van der Waals surface area contributed by atoms with Crippen molar-refractivity contribution >= 4 is 11.6 Å². The van der Waals surface area contributed by atoms with Crippen LogP contribution >= 0.6 is 11.6 Å². The second-order valence-corrected chi connectivity index (χ2v) is 6.86. The smallest absolute Gasteiger partial charge is 0.0406 e. The van der Waals surface area contributed by atoms with Crippen LogP contribution in [0.1, 0.15) is 17.2 Å². The zero-order valence-electron chi connectivity index (χ0n) is 14.1. The molecule has 1 heterocycles. The van der Waals surface area contributed by atoms with Crippen molar-refractivity contribution in [1.82, 2.24) is 9.80 Å². The summed E-state index contributed by atoms with van der Waals surface area (Å²) in [4.78, 5) is 5.07. The first-order chi connectivity index (χ1) is 11.8. The summed E-state index contributed by atoms with van der Waals surface area (Å²) in [5.74, 6) is 0. The van der Waals surface area contributed by atoms with Crippen LogP contribution in [0.15, 0.2) is 54.6 Å². The van der Waals surface area contributed by atoms with E-state index in [-0.39, 0.29) is 0 Å². The van der Waals surface area contributed by atoms with Gasteiger partial charge in [-0.25, -0.2) is 0 Å². The summed E-state index contributed by atoms with van der Waals surface area (Å²) in [7, 11) is 0. The first kappa shape index (κ1) is 17.4. The lowest BCUT2D eigenvalue weighted by Crippen LogP contribution is -2.49. The average molecular weight is 344 g/mol. The molecule has 1 fully saturated rings. The molecular weight excluding hydrogens is 318 g/mol. The molecule has 2 aromatic carbocycles. The number of benzene rings is 2. The zero-order chi connectivity index (χ0) is 16.8. The predicted octanol–water partition coefficient (Wildman–Crippen LogP) is 3.20. The minimum Gasteiger partial charge on any atom is -0.329 e. The fourth-order valence-electron chi connectivity index (χ4n) is 3.46. The summed E-state index contributed by atoms with van der Waals surface area (Å²) >= 11 is 6.03. The quantitative estimate of drug-likeness (QED) is 0.874. The van der Waals surface area contributed by atoms with Gasteiger partial charge in [0.05, 0.1) is 0 Å². The summed E-state index contributed by atoms with van der Waals surface area (Å²) in [5.41, 5.74) is 8.41. The van der Waals surface area contributed by atoms with Gasteiger partial charge in [-0.3, -0.25) is 9.80 Å². The van der Waals surface area contributed by atoms with Crippen molar-refractivity contribution in [3.05, 3.63) is 70.7 Å². The van der Waals surface area contributed by atoms with Crippen molar-refractivity contribution in [3.8, 4) is 0 Å². The van der Waals surface area contributed by atoms with Crippen LogP contribution in [0.2, 0.25) is 5.02 Å². The van der Waals surface area contributed by atoms with Crippen LogP contribution in [0.25, 0.3) is 0 Å². The zero-order valence-corrected chi connectivity index (χ0v) is 14.8. The second kappa shape index (κ2) is 8.63. The Bertz CT molecular complexity index is 607. The molecule has 0 bridgehead atoms. The minimum absolute atomic E-state index is 0.410. The number of piperazine rings is 1. The molecule has 0 spiro atoms. The lowest BCUT2D eigenvalue weighted by molar-refractivity contribution is 0.0973. The van der Waals surface area contributed by atoms with Gasteiger partial charge in [-0.05, 0) is 29.7 Å². The molecule has 3 nitrogen and oxygen atoms in total. The van der Waals surface area contributed by atoms with Crippen LogP contribution in [0.5, 0.6) is 0 Å². The van der Waals surface area contributed by atoms with Gasteiger partial charge >= 0.3 is 0 Å². The van der Waals surface area contributed by atoms with E-state index in [1.54, 1.807) is 0 Å². The second-order valence-electron chi connectivity index (χ2n) is 6.42. The molecule has 2 aromatic rings. The Morgan fingerprint density at radius 2 is 1.58 bits per heavy atom.